The zero-order valence-electron chi connectivity index (χ0n) is 8.28. The Balaban J connectivity index is 2.74. The Bertz CT molecular complexity index is 269. The van der Waals surface area contributed by atoms with E-state index in [0.717, 1.165) is 6.54 Å². The predicted molar refractivity (Wildman–Crippen MR) is 49.1 cm³/mol. The summed E-state index contributed by atoms with van der Waals surface area (Å²) in [5.41, 5.74) is -0.192. The van der Waals surface area contributed by atoms with Crippen LogP contribution in [0.15, 0.2) is 6.20 Å². The number of rotatable bonds is 4. The second-order valence-electron chi connectivity index (χ2n) is 3.30. The molecule has 0 fully saturated rings. The van der Waals surface area contributed by atoms with E-state index in [0.29, 0.717) is 12.2 Å². The molecule has 74 valence electrons. The molecular weight excluding hydrogens is 168 g/mol. The van der Waals surface area contributed by atoms with Gasteiger partial charge in [-0.2, -0.15) is 0 Å². The van der Waals surface area contributed by atoms with E-state index in [-0.39, 0.29) is 0 Å². The van der Waals surface area contributed by atoms with E-state index in [1.165, 1.54) is 0 Å². The fraction of sp³-hybridized carbons (Fsp3) is 0.750. The van der Waals surface area contributed by atoms with E-state index in [1.54, 1.807) is 24.9 Å². The van der Waals surface area contributed by atoms with Crippen LogP contribution in [0.25, 0.3) is 0 Å². The van der Waals surface area contributed by atoms with Crippen LogP contribution in [-0.4, -0.2) is 33.2 Å². The van der Waals surface area contributed by atoms with Gasteiger partial charge in [-0.15, -0.1) is 5.10 Å². The second kappa shape index (κ2) is 3.85. The fourth-order valence-corrected chi connectivity index (χ4v) is 1.24. The maximum absolute atomic E-state index is 10.0. The molecule has 1 rings (SSSR count). The van der Waals surface area contributed by atoms with Gasteiger partial charge in [-0.05, 0) is 13.5 Å². The molecular formula is C8H16N4O. The summed E-state index contributed by atoms with van der Waals surface area (Å²) in [6, 6.07) is 0. The van der Waals surface area contributed by atoms with Crippen molar-refractivity contribution in [1.29, 1.82) is 0 Å². The predicted octanol–water partition coefficient (Wildman–Crippen LogP) is -0.368. The van der Waals surface area contributed by atoms with Crippen LogP contribution >= 0.6 is 0 Å². The lowest BCUT2D eigenvalue weighted by atomic mass is 10.0. The summed E-state index contributed by atoms with van der Waals surface area (Å²) < 4.78 is 1.58. The molecule has 0 radical (unpaired) electrons. The maximum atomic E-state index is 10.0. The molecule has 0 aliphatic carbocycles. The first-order valence-corrected chi connectivity index (χ1v) is 4.36. The average Bonchev–Trinajstić information content (AvgIpc) is 2.48. The van der Waals surface area contributed by atoms with Gasteiger partial charge in [0.15, 0.2) is 0 Å². The van der Waals surface area contributed by atoms with Crippen LogP contribution in [0.5, 0.6) is 0 Å². The Morgan fingerprint density at radius 2 is 2.38 bits per heavy atom. The molecule has 0 aliphatic rings. The number of nitrogens with one attached hydrogen (secondary N) is 1. The number of hydrogen-bond acceptors (Lipinski definition) is 4. The van der Waals surface area contributed by atoms with Crippen molar-refractivity contribution in [3.8, 4) is 0 Å². The van der Waals surface area contributed by atoms with Crippen LogP contribution < -0.4 is 5.32 Å². The van der Waals surface area contributed by atoms with E-state index in [1.807, 2.05) is 6.92 Å². The first-order chi connectivity index (χ1) is 6.08. The van der Waals surface area contributed by atoms with Gasteiger partial charge in [0, 0.05) is 13.6 Å². The number of aliphatic hydroxyl groups is 1. The third-order valence-electron chi connectivity index (χ3n) is 1.99. The average molecular weight is 184 g/mol. The molecule has 0 aliphatic heterocycles. The summed E-state index contributed by atoms with van der Waals surface area (Å²) in [7, 11) is 1.77. The quantitative estimate of drug-likeness (QED) is 0.670. The van der Waals surface area contributed by atoms with Gasteiger partial charge in [0.2, 0.25) is 0 Å². The van der Waals surface area contributed by atoms with Crippen molar-refractivity contribution in [3.05, 3.63) is 11.9 Å². The van der Waals surface area contributed by atoms with E-state index in [2.05, 4.69) is 15.6 Å². The van der Waals surface area contributed by atoms with Crippen molar-refractivity contribution in [3.63, 3.8) is 0 Å². The number of nitrogens with zero attached hydrogens (tertiary/aromatic N) is 3. The standard InChI is InChI=1S/C8H16N4O/c1-4-9-6-8(2,13)7-5-10-11-12(7)3/h5,9,13H,4,6H2,1-3H3. The van der Waals surface area contributed by atoms with Gasteiger partial charge in [0.05, 0.1) is 11.9 Å². The van der Waals surface area contributed by atoms with Gasteiger partial charge < -0.3 is 10.4 Å². The molecule has 0 saturated carbocycles. The molecule has 0 amide bonds. The van der Waals surface area contributed by atoms with Gasteiger partial charge in [-0.1, -0.05) is 12.1 Å². The monoisotopic (exact) mass is 184 g/mol. The lowest BCUT2D eigenvalue weighted by Crippen LogP contribution is -2.36. The van der Waals surface area contributed by atoms with Crippen molar-refractivity contribution in [2.24, 2.45) is 7.05 Å². The Kier molecular flexibility index (Phi) is 3.00. The van der Waals surface area contributed by atoms with Gasteiger partial charge in [0.1, 0.15) is 5.60 Å². The van der Waals surface area contributed by atoms with E-state index in [9.17, 15) is 5.11 Å². The number of aryl methyl sites for hydroxylation is 1. The summed E-state index contributed by atoms with van der Waals surface area (Å²) in [6.07, 6.45) is 1.58. The summed E-state index contributed by atoms with van der Waals surface area (Å²) in [4.78, 5) is 0. The molecule has 13 heavy (non-hydrogen) atoms. The topological polar surface area (TPSA) is 63.0 Å². The summed E-state index contributed by atoms with van der Waals surface area (Å²) >= 11 is 0. The third kappa shape index (κ3) is 2.26. The lowest BCUT2D eigenvalue weighted by molar-refractivity contribution is 0.0491. The van der Waals surface area contributed by atoms with E-state index >= 15 is 0 Å². The number of hydrogen-bond donors (Lipinski definition) is 2. The minimum atomic E-state index is -0.908. The SMILES string of the molecule is CCNCC(C)(O)c1cnnn1C. The minimum absolute atomic E-state index is 0.505. The molecule has 5 heteroatoms. The van der Waals surface area contributed by atoms with Crippen molar-refractivity contribution < 1.29 is 5.11 Å². The molecule has 0 bridgehead atoms. The van der Waals surface area contributed by atoms with Gasteiger partial charge >= 0.3 is 0 Å². The minimum Gasteiger partial charge on any atom is -0.382 e. The second-order valence-corrected chi connectivity index (χ2v) is 3.30. The summed E-state index contributed by atoms with van der Waals surface area (Å²) in [5, 5.41) is 20.6. The largest absolute Gasteiger partial charge is 0.382 e. The van der Waals surface area contributed by atoms with Crippen LogP contribution in [-0.2, 0) is 12.6 Å². The molecule has 1 heterocycles. The molecule has 1 aromatic heterocycles. The molecule has 1 unspecified atom stereocenters. The Morgan fingerprint density at radius 3 is 2.85 bits per heavy atom. The number of likely N-dealkylation sites (N-methyl/N-ethyl adjacent to an activating group) is 1. The Labute approximate surface area is 77.8 Å². The Hall–Kier alpha value is -0.940. The highest BCUT2D eigenvalue weighted by atomic mass is 16.3. The fourth-order valence-electron chi connectivity index (χ4n) is 1.24. The normalized spacial score (nSPS) is 15.7. The zero-order chi connectivity index (χ0) is 9.90. The Morgan fingerprint density at radius 1 is 1.69 bits per heavy atom. The molecule has 1 atom stereocenters. The number of aromatic nitrogens is 3. The summed E-state index contributed by atoms with van der Waals surface area (Å²) in [5.74, 6) is 0. The third-order valence-corrected chi connectivity index (χ3v) is 1.99. The highest BCUT2D eigenvalue weighted by Gasteiger charge is 2.26. The van der Waals surface area contributed by atoms with Crippen molar-refractivity contribution in [2.75, 3.05) is 13.1 Å². The smallest absolute Gasteiger partial charge is 0.117 e. The van der Waals surface area contributed by atoms with Gasteiger partial charge in [-0.25, -0.2) is 4.68 Å². The van der Waals surface area contributed by atoms with Crippen molar-refractivity contribution in [1.82, 2.24) is 20.3 Å². The maximum Gasteiger partial charge on any atom is 0.117 e. The van der Waals surface area contributed by atoms with E-state index < -0.39 is 5.60 Å². The van der Waals surface area contributed by atoms with Crippen LogP contribution in [0.3, 0.4) is 0 Å². The molecule has 2 N–H and O–H groups in total. The van der Waals surface area contributed by atoms with Gasteiger partial charge in [0.25, 0.3) is 0 Å². The van der Waals surface area contributed by atoms with Crippen molar-refractivity contribution in [2.45, 2.75) is 19.4 Å². The van der Waals surface area contributed by atoms with Crippen LogP contribution in [0, 0.1) is 0 Å². The van der Waals surface area contributed by atoms with Crippen molar-refractivity contribution >= 4 is 0 Å². The summed E-state index contributed by atoms with van der Waals surface area (Å²) in [6.45, 7) is 5.08. The van der Waals surface area contributed by atoms with E-state index in [4.69, 9.17) is 0 Å². The highest BCUT2D eigenvalue weighted by molar-refractivity contribution is 5.06. The lowest BCUT2D eigenvalue weighted by Gasteiger charge is -2.22. The first-order valence-electron chi connectivity index (χ1n) is 4.36. The van der Waals surface area contributed by atoms with Crippen LogP contribution in [0.1, 0.15) is 19.5 Å². The van der Waals surface area contributed by atoms with Crippen LogP contribution in [0.4, 0.5) is 0 Å². The molecule has 5 nitrogen and oxygen atoms in total. The first kappa shape index (κ1) is 10.1. The zero-order valence-corrected chi connectivity index (χ0v) is 8.28. The van der Waals surface area contributed by atoms with Crippen LogP contribution in [0.2, 0.25) is 0 Å². The highest BCUT2D eigenvalue weighted by Crippen LogP contribution is 2.16. The molecule has 0 spiro atoms. The molecule has 0 saturated heterocycles. The van der Waals surface area contributed by atoms with Gasteiger partial charge in [-0.3, -0.25) is 0 Å². The molecule has 1 aromatic rings. The molecule has 0 aromatic carbocycles.